The number of methoxy groups -OCH3 is 1. The van der Waals surface area contributed by atoms with E-state index in [-0.39, 0.29) is 11.5 Å². The van der Waals surface area contributed by atoms with E-state index in [9.17, 15) is 4.79 Å². The summed E-state index contributed by atoms with van der Waals surface area (Å²) in [5.74, 6) is 1.77. The Bertz CT molecular complexity index is 1100. The zero-order valence-electron chi connectivity index (χ0n) is 15.4. The zero-order chi connectivity index (χ0) is 19.5. The van der Waals surface area contributed by atoms with E-state index < -0.39 is 0 Å². The zero-order valence-corrected chi connectivity index (χ0v) is 17.0. The van der Waals surface area contributed by atoms with Crippen LogP contribution in [0.15, 0.2) is 65.3 Å². The van der Waals surface area contributed by atoms with Gasteiger partial charge in [0.05, 0.1) is 29.1 Å². The highest BCUT2D eigenvalue weighted by Crippen LogP contribution is 2.34. The summed E-state index contributed by atoms with van der Waals surface area (Å²) in [5.41, 5.74) is 1.52. The van der Waals surface area contributed by atoms with Crippen molar-refractivity contribution >= 4 is 28.9 Å². The first-order chi connectivity index (χ1) is 13.7. The van der Waals surface area contributed by atoms with E-state index >= 15 is 0 Å². The maximum Gasteiger partial charge on any atom is 0.196 e. The molecule has 0 aliphatic heterocycles. The summed E-state index contributed by atoms with van der Waals surface area (Å²) < 4.78 is 9.32. The molecule has 0 spiro atoms. The van der Waals surface area contributed by atoms with Crippen LogP contribution in [-0.2, 0) is 7.05 Å². The highest BCUT2D eigenvalue weighted by molar-refractivity contribution is 7.99. The molecule has 0 radical (unpaired) electrons. The van der Waals surface area contributed by atoms with Crippen LogP contribution in [0.4, 0.5) is 0 Å². The van der Waals surface area contributed by atoms with E-state index in [0.717, 1.165) is 22.1 Å². The maximum atomic E-state index is 12.6. The molecule has 0 amide bonds. The second kappa shape index (κ2) is 8.04. The summed E-state index contributed by atoms with van der Waals surface area (Å²) in [5, 5.41) is 11.4. The van der Waals surface area contributed by atoms with Gasteiger partial charge in [0.15, 0.2) is 16.8 Å². The maximum absolute atomic E-state index is 12.6. The summed E-state index contributed by atoms with van der Waals surface area (Å²) >= 11 is 2.96. The van der Waals surface area contributed by atoms with Crippen LogP contribution in [0.1, 0.15) is 10.5 Å². The lowest BCUT2D eigenvalue weighted by Crippen LogP contribution is -2.09. The molecule has 0 saturated carbocycles. The lowest BCUT2D eigenvalue weighted by Gasteiger charge is -2.13. The fourth-order valence-corrected chi connectivity index (χ4v) is 4.43. The lowest BCUT2D eigenvalue weighted by molar-refractivity contribution is 0.101. The van der Waals surface area contributed by atoms with Crippen molar-refractivity contribution in [3.05, 3.63) is 65.8 Å². The number of ether oxygens (including phenoxy) is 1. The number of carbonyl (C=O) groups is 1. The molecule has 8 heteroatoms. The predicted octanol–water partition coefficient (Wildman–Crippen LogP) is 4.32. The van der Waals surface area contributed by atoms with E-state index in [1.165, 1.54) is 11.8 Å². The van der Waals surface area contributed by atoms with Crippen molar-refractivity contribution in [1.29, 1.82) is 0 Å². The molecular formula is C20H18N4O2S2. The SMILES string of the molecule is COc1ccccc1-n1c(SCC(=O)c2cccn2C)nnc1-c1cccs1. The van der Waals surface area contributed by atoms with Gasteiger partial charge >= 0.3 is 0 Å². The molecule has 0 unspecified atom stereocenters. The summed E-state index contributed by atoms with van der Waals surface area (Å²) in [4.78, 5) is 13.6. The number of Topliss-reactive ketones (excluding diaryl/α,β-unsaturated/α-hetero) is 1. The van der Waals surface area contributed by atoms with E-state index in [0.29, 0.717) is 10.9 Å². The van der Waals surface area contributed by atoms with Gasteiger partial charge in [-0.1, -0.05) is 30.0 Å². The first-order valence-electron chi connectivity index (χ1n) is 8.59. The van der Waals surface area contributed by atoms with Gasteiger partial charge in [-0.3, -0.25) is 9.36 Å². The fourth-order valence-electron chi connectivity index (χ4n) is 2.92. The van der Waals surface area contributed by atoms with Gasteiger partial charge in [0, 0.05) is 13.2 Å². The number of para-hydroxylation sites is 2. The van der Waals surface area contributed by atoms with Gasteiger partial charge in [-0.05, 0) is 35.7 Å². The number of hydrogen-bond acceptors (Lipinski definition) is 6. The highest BCUT2D eigenvalue weighted by Gasteiger charge is 2.20. The first kappa shape index (κ1) is 18.5. The van der Waals surface area contributed by atoms with Gasteiger partial charge in [0.1, 0.15) is 5.75 Å². The Kier molecular flexibility index (Phi) is 5.31. The number of carbonyl (C=O) groups excluding carboxylic acids is 1. The average Bonchev–Trinajstić information content (AvgIpc) is 3.46. The van der Waals surface area contributed by atoms with E-state index in [1.54, 1.807) is 18.4 Å². The molecule has 0 aliphatic rings. The first-order valence-corrected chi connectivity index (χ1v) is 10.5. The molecule has 0 fully saturated rings. The van der Waals surface area contributed by atoms with Crippen LogP contribution in [-0.4, -0.2) is 38.0 Å². The quantitative estimate of drug-likeness (QED) is 0.335. The summed E-state index contributed by atoms with van der Waals surface area (Å²) in [6.45, 7) is 0. The minimum Gasteiger partial charge on any atom is -0.495 e. The van der Waals surface area contributed by atoms with E-state index in [4.69, 9.17) is 4.74 Å². The Morgan fingerprint density at radius 2 is 2.00 bits per heavy atom. The number of aryl methyl sites for hydroxylation is 1. The van der Waals surface area contributed by atoms with Gasteiger partial charge in [0.25, 0.3) is 0 Å². The summed E-state index contributed by atoms with van der Waals surface area (Å²) in [6, 6.07) is 15.4. The number of nitrogens with zero attached hydrogens (tertiary/aromatic N) is 4. The Balaban J connectivity index is 1.72. The second-order valence-corrected chi connectivity index (χ2v) is 7.90. The molecule has 1 aromatic carbocycles. The second-order valence-electron chi connectivity index (χ2n) is 6.01. The minimum atomic E-state index is 0.0461. The van der Waals surface area contributed by atoms with E-state index in [2.05, 4.69) is 10.2 Å². The van der Waals surface area contributed by atoms with Crippen molar-refractivity contribution in [2.75, 3.05) is 12.9 Å². The fraction of sp³-hybridized carbons (Fsp3) is 0.150. The van der Waals surface area contributed by atoms with Crippen LogP contribution in [0.5, 0.6) is 5.75 Å². The smallest absolute Gasteiger partial charge is 0.196 e. The largest absolute Gasteiger partial charge is 0.495 e. The highest BCUT2D eigenvalue weighted by atomic mass is 32.2. The van der Waals surface area contributed by atoms with Gasteiger partial charge in [-0.15, -0.1) is 21.5 Å². The number of thioether (sulfide) groups is 1. The van der Waals surface area contributed by atoms with Crippen LogP contribution < -0.4 is 4.74 Å². The monoisotopic (exact) mass is 410 g/mol. The summed E-state index contributed by atoms with van der Waals surface area (Å²) in [7, 11) is 3.50. The Labute approximate surface area is 170 Å². The third-order valence-electron chi connectivity index (χ3n) is 4.26. The Hall–Kier alpha value is -2.84. The van der Waals surface area contributed by atoms with E-state index in [1.807, 2.05) is 76.3 Å². The van der Waals surface area contributed by atoms with Gasteiger partial charge in [0.2, 0.25) is 0 Å². The molecule has 4 rings (SSSR count). The number of benzene rings is 1. The average molecular weight is 411 g/mol. The lowest BCUT2D eigenvalue weighted by atomic mass is 10.3. The van der Waals surface area contributed by atoms with Crippen LogP contribution in [0.3, 0.4) is 0 Å². The number of aromatic nitrogens is 4. The molecule has 0 aliphatic carbocycles. The molecule has 142 valence electrons. The molecule has 0 bridgehead atoms. The standard InChI is InChI=1S/C20H18N4O2S2/c1-23-11-5-8-14(23)16(25)13-28-20-22-21-19(18-10-6-12-27-18)24(20)15-7-3-4-9-17(15)26-2/h3-12H,13H2,1-2H3. The van der Waals surface area contributed by atoms with Crippen LogP contribution in [0.2, 0.25) is 0 Å². The number of ketones is 1. The van der Waals surface area contributed by atoms with Gasteiger partial charge in [-0.25, -0.2) is 0 Å². The third-order valence-corrected chi connectivity index (χ3v) is 6.06. The molecule has 3 heterocycles. The molecule has 0 N–H and O–H groups in total. The van der Waals surface area contributed by atoms with Crippen molar-refractivity contribution < 1.29 is 9.53 Å². The Morgan fingerprint density at radius 1 is 1.14 bits per heavy atom. The molecule has 0 saturated heterocycles. The third kappa shape index (κ3) is 3.48. The van der Waals surface area contributed by atoms with Crippen molar-refractivity contribution in [2.24, 2.45) is 7.05 Å². The molecule has 4 aromatic rings. The number of thiophene rings is 1. The molecule has 0 atom stereocenters. The number of hydrogen-bond donors (Lipinski definition) is 0. The van der Waals surface area contributed by atoms with Crippen LogP contribution >= 0.6 is 23.1 Å². The summed E-state index contributed by atoms with van der Waals surface area (Å²) in [6.07, 6.45) is 1.87. The van der Waals surface area contributed by atoms with Gasteiger partial charge < -0.3 is 9.30 Å². The van der Waals surface area contributed by atoms with Crippen molar-refractivity contribution in [2.45, 2.75) is 5.16 Å². The van der Waals surface area contributed by atoms with Crippen LogP contribution in [0.25, 0.3) is 16.4 Å². The number of rotatable bonds is 7. The van der Waals surface area contributed by atoms with Crippen molar-refractivity contribution in [3.8, 4) is 22.1 Å². The molecule has 3 aromatic heterocycles. The molecule has 6 nitrogen and oxygen atoms in total. The predicted molar refractivity (Wildman–Crippen MR) is 112 cm³/mol. The Morgan fingerprint density at radius 3 is 2.71 bits per heavy atom. The van der Waals surface area contributed by atoms with Gasteiger partial charge in [-0.2, -0.15) is 0 Å². The van der Waals surface area contributed by atoms with Crippen molar-refractivity contribution in [3.63, 3.8) is 0 Å². The topological polar surface area (TPSA) is 61.9 Å². The molecular weight excluding hydrogens is 392 g/mol. The normalized spacial score (nSPS) is 10.9. The molecule has 28 heavy (non-hydrogen) atoms. The van der Waals surface area contributed by atoms with Crippen molar-refractivity contribution in [1.82, 2.24) is 19.3 Å². The minimum absolute atomic E-state index is 0.0461. The van der Waals surface area contributed by atoms with Crippen LogP contribution in [0, 0.1) is 0 Å².